The smallest absolute Gasteiger partial charge is 0.246 e. The molecule has 0 saturated carbocycles. The van der Waals surface area contributed by atoms with Crippen LogP contribution in [0.3, 0.4) is 0 Å². The lowest BCUT2D eigenvalue weighted by molar-refractivity contribution is 0.372. The van der Waals surface area contributed by atoms with E-state index in [0.717, 1.165) is 19.6 Å². The van der Waals surface area contributed by atoms with Crippen LogP contribution >= 0.6 is 12.4 Å². The van der Waals surface area contributed by atoms with Gasteiger partial charge in [0.05, 0.1) is 6.54 Å². The Morgan fingerprint density at radius 1 is 1.37 bits per heavy atom. The second-order valence-electron chi connectivity index (χ2n) is 4.46. The van der Waals surface area contributed by atoms with Gasteiger partial charge in [0.1, 0.15) is 0 Å². The number of hydrogen-bond acceptors (Lipinski definition) is 5. The van der Waals surface area contributed by atoms with Crippen LogP contribution in [-0.4, -0.2) is 23.2 Å². The third-order valence-electron chi connectivity index (χ3n) is 3.10. The van der Waals surface area contributed by atoms with Gasteiger partial charge < -0.3 is 14.7 Å². The normalized spacial score (nSPS) is 14.5. The Morgan fingerprint density at radius 3 is 3.00 bits per heavy atom. The molecule has 1 aliphatic rings. The van der Waals surface area contributed by atoms with Crippen LogP contribution in [0.2, 0.25) is 0 Å². The SMILES string of the molecule is Cc1noc(CN2CCNCc3ccccc32)n1.Cl. The zero-order valence-corrected chi connectivity index (χ0v) is 11.6. The lowest BCUT2D eigenvalue weighted by Gasteiger charge is -2.22. The van der Waals surface area contributed by atoms with E-state index < -0.39 is 0 Å². The third kappa shape index (κ3) is 3.05. The number of para-hydroxylation sites is 1. The minimum absolute atomic E-state index is 0. The Morgan fingerprint density at radius 2 is 2.21 bits per heavy atom. The number of rotatable bonds is 2. The van der Waals surface area contributed by atoms with Gasteiger partial charge in [-0.1, -0.05) is 23.4 Å². The summed E-state index contributed by atoms with van der Waals surface area (Å²) in [7, 11) is 0. The summed E-state index contributed by atoms with van der Waals surface area (Å²) >= 11 is 0. The summed E-state index contributed by atoms with van der Waals surface area (Å²) in [6.45, 7) is 5.32. The van der Waals surface area contributed by atoms with E-state index in [4.69, 9.17) is 4.52 Å². The van der Waals surface area contributed by atoms with Gasteiger partial charge >= 0.3 is 0 Å². The predicted molar refractivity (Wildman–Crippen MR) is 75.5 cm³/mol. The summed E-state index contributed by atoms with van der Waals surface area (Å²) in [5.74, 6) is 1.36. The van der Waals surface area contributed by atoms with Gasteiger partial charge in [0.25, 0.3) is 0 Å². The molecule has 1 N–H and O–H groups in total. The Balaban J connectivity index is 0.00000133. The largest absolute Gasteiger partial charge is 0.361 e. The lowest BCUT2D eigenvalue weighted by atomic mass is 10.1. The Labute approximate surface area is 118 Å². The maximum Gasteiger partial charge on any atom is 0.246 e. The van der Waals surface area contributed by atoms with Crippen LogP contribution in [0.5, 0.6) is 0 Å². The maximum atomic E-state index is 5.20. The first kappa shape index (κ1) is 13.8. The first-order chi connectivity index (χ1) is 8.83. The van der Waals surface area contributed by atoms with Crippen LogP contribution in [-0.2, 0) is 13.1 Å². The van der Waals surface area contributed by atoms with E-state index in [-0.39, 0.29) is 12.4 Å². The molecule has 0 aliphatic carbocycles. The molecule has 5 nitrogen and oxygen atoms in total. The Bertz CT molecular complexity index is 543. The highest BCUT2D eigenvalue weighted by atomic mass is 35.5. The van der Waals surface area contributed by atoms with Crippen molar-refractivity contribution in [1.82, 2.24) is 15.5 Å². The molecule has 102 valence electrons. The molecule has 0 fully saturated rings. The van der Waals surface area contributed by atoms with Crippen molar-refractivity contribution in [3.8, 4) is 0 Å². The van der Waals surface area contributed by atoms with Crippen LogP contribution < -0.4 is 10.2 Å². The van der Waals surface area contributed by atoms with E-state index >= 15 is 0 Å². The molecule has 1 aliphatic heterocycles. The molecule has 6 heteroatoms. The van der Waals surface area contributed by atoms with Crippen molar-refractivity contribution in [2.45, 2.75) is 20.0 Å². The Kier molecular flexibility index (Phi) is 4.39. The molecule has 0 unspecified atom stereocenters. The summed E-state index contributed by atoms with van der Waals surface area (Å²) in [6, 6.07) is 8.43. The van der Waals surface area contributed by atoms with Crippen molar-refractivity contribution >= 4 is 18.1 Å². The van der Waals surface area contributed by atoms with Gasteiger partial charge in [-0.25, -0.2) is 0 Å². The second kappa shape index (κ2) is 6.04. The number of halogens is 1. The van der Waals surface area contributed by atoms with Crippen LogP contribution in [0.15, 0.2) is 28.8 Å². The highest BCUT2D eigenvalue weighted by Crippen LogP contribution is 2.23. The molecule has 1 aromatic carbocycles. The van der Waals surface area contributed by atoms with Crippen molar-refractivity contribution in [3.05, 3.63) is 41.5 Å². The van der Waals surface area contributed by atoms with E-state index in [9.17, 15) is 0 Å². The minimum Gasteiger partial charge on any atom is -0.361 e. The van der Waals surface area contributed by atoms with Gasteiger partial charge in [0.15, 0.2) is 5.82 Å². The molecule has 2 heterocycles. The van der Waals surface area contributed by atoms with Crippen LogP contribution in [0, 0.1) is 6.92 Å². The molecular formula is C13H17ClN4O. The van der Waals surface area contributed by atoms with Crippen molar-refractivity contribution in [2.24, 2.45) is 0 Å². The van der Waals surface area contributed by atoms with Crippen molar-refractivity contribution < 1.29 is 4.52 Å². The number of hydrogen-bond donors (Lipinski definition) is 1. The zero-order valence-electron chi connectivity index (χ0n) is 10.8. The van der Waals surface area contributed by atoms with E-state index in [0.29, 0.717) is 18.3 Å². The molecule has 3 rings (SSSR count). The van der Waals surface area contributed by atoms with Gasteiger partial charge in [0.2, 0.25) is 5.89 Å². The lowest BCUT2D eigenvalue weighted by Crippen LogP contribution is -2.28. The molecule has 19 heavy (non-hydrogen) atoms. The van der Waals surface area contributed by atoms with E-state index in [2.05, 4.69) is 44.6 Å². The summed E-state index contributed by atoms with van der Waals surface area (Å²) in [4.78, 5) is 6.55. The molecule has 0 saturated heterocycles. The number of nitrogens with one attached hydrogen (secondary N) is 1. The first-order valence-corrected chi connectivity index (χ1v) is 6.16. The number of nitrogens with zero attached hydrogens (tertiary/aromatic N) is 3. The van der Waals surface area contributed by atoms with Crippen LogP contribution in [0.4, 0.5) is 5.69 Å². The summed E-state index contributed by atoms with van der Waals surface area (Å²) in [5, 5.41) is 7.25. The highest BCUT2D eigenvalue weighted by Gasteiger charge is 2.16. The quantitative estimate of drug-likeness (QED) is 0.911. The van der Waals surface area contributed by atoms with Gasteiger partial charge in [-0.3, -0.25) is 0 Å². The standard InChI is InChI=1S/C13H16N4O.ClH/c1-10-15-13(18-16-10)9-17-7-6-14-8-11-4-2-3-5-12(11)17;/h2-5,14H,6-9H2,1H3;1H. The predicted octanol–water partition coefficient (Wildman–Crippen LogP) is 1.91. The number of fused-ring (bicyclic) bond motifs is 1. The fourth-order valence-electron chi connectivity index (χ4n) is 2.26. The molecule has 0 radical (unpaired) electrons. The van der Waals surface area contributed by atoms with Gasteiger partial charge in [-0.2, -0.15) is 4.98 Å². The van der Waals surface area contributed by atoms with Crippen molar-refractivity contribution in [2.75, 3.05) is 18.0 Å². The molecule has 0 bridgehead atoms. The van der Waals surface area contributed by atoms with Gasteiger partial charge in [-0.15, -0.1) is 12.4 Å². The molecular weight excluding hydrogens is 264 g/mol. The average Bonchev–Trinajstić information content (AvgIpc) is 2.68. The van der Waals surface area contributed by atoms with Crippen molar-refractivity contribution in [1.29, 1.82) is 0 Å². The molecule has 2 aromatic rings. The topological polar surface area (TPSA) is 54.2 Å². The van der Waals surface area contributed by atoms with Crippen LogP contribution in [0.1, 0.15) is 17.3 Å². The second-order valence-corrected chi connectivity index (χ2v) is 4.46. The summed E-state index contributed by atoms with van der Waals surface area (Å²) in [6.07, 6.45) is 0. The van der Waals surface area contributed by atoms with E-state index in [1.807, 2.05) is 6.92 Å². The molecule has 0 amide bonds. The van der Waals surface area contributed by atoms with Gasteiger partial charge in [0, 0.05) is 25.3 Å². The monoisotopic (exact) mass is 280 g/mol. The van der Waals surface area contributed by atoms with E-state index in [1.165, 1.54) is 11.3 Å². The number of aromatic nitrogens is 2. The van der Waals surface area contributed by atoms with Gasteiger partial charge in [-0.05, 0) is 18.6 Å². The summed E-state index contributed by atoms with van der Waals surface area (Å²) < 4.78 is 5.20. The van der Waals surface area contributed by atoms with Crippen LogP contribution in [0.25, 0.3) is 0 Å². The Hall–Kier alpha value is -1.59. The first-order valence-electron chi connectivity index (χ1n) is 6.16. The zero-order chi connectivity index (χ0) is 12.4. The molecule has 0 atom stereocenters. The number of benzene rings is 1. The fourth-order valence-corrected chi connectivity index (χ4v) is 2.26. The molecule has 1 aromatic heterocycles. The highest BCUT2D eigenvalue weighted by molar-refractivity contribution is 5.85. The fraction of sp³-hybridized carbons (Fsp3) is 0.385. The maximum absolute atomic E-state index is 5.20. The van der Waals surface area contributed by atoms with E-state index in [1.54, 1.807) is 0 Å². The average molecular weight is 281 g/mol. The van der Waals surface area contributed by atoms with Crippen molar-refractivity contribution in [3.63, 3.8) is 0 Å². The molecule has 0 spiro atoms. The number of aryl methyl sites for hydroxylation is 1. The third-order valence-corrected chi connectivity index (χ3v) is 3.10. The summed E-state index contributed by atoms with van der Waals surface area (Å²) in [5.41, 5.74) is 2.56. The number of anilines is 1. The minimum atomic E-state index is 0.